The summed E-state index contributed by atoms with van der Waals surface area (Å²) in [5, 5.41) is 22.2. The minimum atomic E-state index is -1.20. The van der Waals surface area contributed by atoms with Crippen LogP contribution in [0.1, 0.15) is 61.0 Å². The van der Waals surface area contributed by atoms with E-state index in [1.807, 2.05) is 18.2 Å². The molecule has 1 fully saturated rings. The van der Waals surface area contributed by atoms with E-state index in [1.165, 1.54) is 28.8 Å². The number of hydrogen-bond donors (Lipinski definition) is 2. The number of amides is 2. The summed E-state index contributed by atoms with van der Waals surface area (Å²) in [7, 11) is 1.43. The number of aromatic nitrogens is 3. The number of nitrogens with one attached hydrogen (secondary N) is 1. The molecule has 11 nitrogen and oxygen atoms in total. The lowest BCUT2D eigenvalue weighted by molar-refractivity contribution is -0.127. The van der Waals surface area contributed by atoms with Crippen LogP contribution in [-0.4, -0.2) is 57.6 Å². The van der Waals surface area contributed by atoms with Crippen LogP contribution in [0.5, 0.6) is 11.5 Å². The summed E-state index contributed by atoms with van der Waals surface area (Å²) in [6, 6.07) is 17.0. The minimum Gasteiger partial charge on any atom is -0.504 e. The Bertz CT molecular complexity index is 1610. The average molecular weight is 586 g/mol. The number of rotatable bonds is 10. The number of hydrogen-bond acceptors (Lipinski definition) is 8. The maximum Gasteiger partial charge on any atom is 0.338 e. The normalized spacial score (nSPS) is 14.2. The Labute approximate surface area is 249 Å². The van der Waals surface area contributed by atoms with Gasteiger partial charge in [-0.25, -0.2) is 9.48 Å². The third kappa shape index (κ3) is 6.61. The topological polar surface area (TPSA) is 136 Å². The molecule has 0 saturated heterocycles. The van der Waals surface area contributed by atoms with Gasteiger partial charge in [0.25, 0.3) is 0 Å². The molecule has 1 heterocycles. The SMILES string of the molecule is CCOC(=O)c1cccc(N(C(=O)Cn2nnc3ccccc32)C(C(=O)NC2CCCCC2)c2ccc(OC)c(O)c2)c1. The van der Waals surface area contributed by atoms with Gasteiger partial charge in [-0.05, 0) is 67.8 Å². The van der Waals surface area contributed by atoms with Crippen LogP contribution < -0.4 is 15.0 Å². The smallest absolute Gasteiger partial charge is 0.338 e. The van der Waals surface area contributed by atoms with Crippen LogP contribution in [0.4, 0.5) is 5.69 Å². The van der Waals surface area contributed by atoms with E-state index in [1.54, 1.807) is 43.3 Å². The van der Waals surface area contributed by atoms with Gasteiger partial charge in [0.05, 0.1) is 24.8 Å². The van der Waals surface area contributed by atoms with Crippen molar-refractivity contribution in [2.45, 2.75) is 57.7 Å². The number of phenols is 1. The highest BCUT2D eigenvalue weighted by molar-refractivity contribution is 6.02. The van der Waals surface area contributed by atoms with E-state index >= 15 is 0 Å². The highest BCUT2D eigenvalue weighted by Gasteiger charge is 2.35. The molecule has 1 saturated carbocycles. The zero-order valence-corrected chi connectivity index (χ0v) is 24.2. The van der Waals surface area contributed by atoms with Crippen LogP contribution in [0, 0.1) is 0 Å². The second-order valence-electron chi connectivity index (χ2n) is 10.4. The molecule has 1 atom stereocenters. The fourth-order valence-corrected chi connectivity index (χ4v) is 5.49. The lowest BCUT2D eigenvalue weighted by Crippen LogP contribution is -2.48. The number of fused-ring (bicyclic) bond motifs is 1. The Hall–Kier alpha value is -4.93. The molecule has 3 aromatic carbocycles. The Morgan fingerprint density at radius 1 is 1.05 bits per heavy atom. The van der Waals surface area contributed by atoms with Crippen LogP contribution in [-0.2, 0) is 20.9 Å². The molecule has 11 heteroatoms. The van der Waals surface area contributed by atoms with Crippen molar-refractivity contribution < 1.29 is 29.0 Å². The van der Waals surface area contributed by atoms with Crippen molar-refractivity contribution in [3.8, 4) is 11.5 Å². The van der Waals surface area contributed by atoms with Crippen molar-refractivity contribution >= 4 is 34.5 Å². The van der Waals surface area contributed by atoms with E-state index in [2.05, 4.69) is 15.6 Å². The molecule has 224 valence electrons. The van der Waals surface area contributed by atoms with Crippen molar-refractivity contribution in [2.24, 2.45) is 0 Å². The number of methoxy groups -OCH3 is 1. The van der Waals surface area contributed by atoms with Gasteiger partial charge in [0.1, 0.15) is 18.1 Å². The van der Waals surface area contributed by atoms with E-state index in [0.29, 0.717) is 22.3 Å². The number of carbonyl (C=O) groups excluding carboxylic acids is 3. The molecule has 2 amide bonds. The van der Waals surface area contributed by atoms with Crippen molar-refractivity contribution in [1.82, 2.24) is 20.3 Å². The molecule has 5 rings (SSSR count). The van der Waals surface area contributed by atoms with Gasteiger partial charge in [0.15, 0.2) is 11.5 Å². The van der Waals surface area contributed by atoms with E-state index in [9.17, 15) is 19.5 Å². The first-order valence-corrected chi connectivity index (χ1v) is 14.4. The molecular weight excluding hydrogens is 550 g/mol. The highest BCUT2D eigenvalue weighted by atomic mass is 16.5. The number of esters is 1. The average Bonchev–Trinajstić information content (AvgIpc) is 3.42. The predicted octanol–water partition coefficient (Wildman–Crippen LogP) is 4.55. The molecule has 4 aromatic rings. The molecule has 1 aliphatic carbocycles. The van der Waals surface area contributed by atoms with Gasteiger partial charge < -0.3 is 19.9 Å². The number of anilines is 1. The summed E-state index contributed by atoms with van der Waals surface area (Å²) in [6.07, 6.45) is 4.79. The van der Waals surface area contributed by atoms with Crippen LogP contribution in [0.25, 0.3) is 11.0 Å². The first-order chi connectivity index (χ1) is 20.9. The van der Waals surface area contributed by atoms with Gasteiger partial charge in [-0.2, -0.15) is 0 Å². The van der Waals surface area contributed by atoms with Crippen molar-refractivity contribution in [1.29, 1.82) is 0 Å². The molecule has 1 aliphatic rings. The second-order valence-corrected chi connectivity index (χ2v) is 10.4. The second kappa shape index (κ2) is 13.4. The van der Waals surface area contributed by atoms with Crippen molar-refractivity contribution in [3.05, 3.63) is 77.9 Å². The van der Waals surface area contributed by atoms with Gasteiger partial charge in [0, 0.05) is 11.7 Å². The van der Waals surface area contributed by atoms with Gasteiger partial charge in [0.2, 0.25) is 11.8 Å². The standard InChI is InChI=1S/C32H35N5O6/c1-3-43-32(41)22-10-9-13-24(18-22)37(29(39)20-36-26-15-8-7-14-25(26)34-35-36)30(21-16-17-28(42-2)27(38)19-21)31(40)33-23-11-5-4-6-12-23/h7-10,13-19,23,30,38H,3-6,11-12,20H2,1-2H3,(H,33,40). The van der Waals surface area contributed by atoms with Gasteiger partial charge in [-0.1, -0.05) is 48.7 Å². The molecule has 0 spiro atoms. The molecule has 0 aliphatic heterocycles. The minimum absolute atomic E-state index is 0.0438. The number of ether oxygens (including phenoxy) is 2. The summed E-state index contributed by atoms with van der Waals surface area (Å²) >= 11 is 0. The maximum absolute atomic E-state index is 14.3. The van der Waals surface area contributed by atoms with Crippen LogP contribution >= 0.6 is 0 Å². The molecule has 0 radical (unpaired) electrons. The Kier molecular flexibility index (Phi) is 9.19. The first kappa shape index (κ1) is 29.6. The molecule has 1 unspecified atom stereocenters. The number of benzene rings is 3. The maximum atomic E-state index is 14.3. The van der Waals surface area contributed by atoms with Gasteiger partial charge in [-0.3, -0.25) is 14.5 Å². The molecule has 0 bridgehead atoms. The fraction of sp³-hybridized carbons (Fsp3) is 0.344. The zero-order chi connectivity index (χ0) is 30.3. The fourth-order valence-electron chi connectivity index (χ4n) is 5.49. The Morgan fingerprint density at radius 2 is 1.84 bits per heavy atom. The summed E-state index contributed by atoms with van der Waals surface area (Å²) in [5.74, 6) is -1.38. The molecule has 43 heavy (non-hydrogen) atoms. The van der Waals surface area contributed by atoms with E-state index < -0.39 is 23.8 Å². The predicted molar refractivity (Wildman–Crippen MR) is 160 cm³/mol. The number of phenolic OH excluding ortho intramolecular Hbond substituents is 1. The summed E-state index contributed by atoms with van der Waals surface area (Å²) in [6.45, 7) is 1.66. The van der Waals surface area contributed by atoms with Gasteiger partial charge >= 0.3 is 5.97 Å². The first-order valence-electron chi connectivity index (χ1n) is 14.4. The van der Waals surface area contributed by atoms with Crippen molar-refractivity contribution in [3.63, 3.8) is 0 Å². The third-order valence-corrected chi connectivity index (χ3v) is 7.59. The number of carbonyl (C=O) groups is 3. The number of nitrogens with zero attached hydrogens (tertiary/aromatic N) is 4. The van der Waals surface area contributed by atoms with Crippen molar-refractivity contribution in [2.75, 3.05) is 18.6 Å². The monoisotopic (exact) mass is 585 g/mol. The summed E-state index contributed by atoms with van der Waals surface area (Å²) < 4.78 is 11.9. The number of aromatic hydroxyl groups is 1. The van der Waals surface area contributed by atoms with Crippen LogP contribution in [0.2, 0.25) is 0 Å². The quantitative estimate of drug-likeness (QED) is 0.259. The lowest BCUT2D eigenvalue weighted by atomic mass is 9.94. The number of para-hydroxylation sites is 1. The Balaban J connectivity index is 1.62. The van der Waals surface area contributed by atoms with E-state index in [-0.39, 0.29) is 36.3 Å². The summed E-state index contributed by atoms with van der Waals surface area (Å²) in [5.41, 5.74) is 2.18. The Morgan fingerprint density at radius 3 is 2.58 bits per heavy atom. The third-order valence-electron chi connectivity index (χ3n) is 7.59. The lowest BCUT2D eigenvalue weighted by Gasteiger charge is -2.33. The van der Waals surface area contributed by atoms with Crippen LogP contribution in [0.3, 0.4) is 0 Å². The van der Waals surface area contributed by atoms with Crippen LogP contribution in [0.15, 0.2) is 66.7 Å². The van der Waals surface area contributed by atoms with E-state index in [0.717, 1.165) is 32.1 Å². The summed E-state index contributed by atoms with van der Waals surface area (Å²) in [4.78, 5) is 42.5. The molecule has 1 aromatic heterocycles. The highest BCUT2D eigenvalue weighted by Crippen LogP contribution is 2.35. The molecule has 2 N–H and O–H groups in total. The largest absolute Gasteiger partial charge is 0.504 e. The van der Waals surface area contributed by atoms with Gasteiger partial charge in [-0.15, -0.1) is 5.10 Å². The molecular formula is C32H35N5O6. The zero-order valence-electron chi connectivity index (χ0n) is 24.2. The van der Waals surface area contributed by atoms with E-state index in [4.69, 9.17) is 9.47 Å².